The Kier molecular flexibility index (Phi) is 7.89. The van der Waals surface area contributed by atoms with E-state index in [-0.39, 0.29) is 11.7 Å². The number of halogens is 2. The first kappa shape index (κ1) is 26.0. The van der Waals surface area contributed by atoms with Crippen molar-refractivity contribution < 1.29 is 13.9 Å². The number of aryl methyl sites for hydroxylation is 1. The molecule has 1 fully saturated rings. The van der Waals surface area contributed by atoms with E-state index in [0.29, 0.717) is 50.4 Å². The predicted molar refractivity (Wildman–Crippen MR) is 137 cm³/mol. The maximum Gasteiger partial charge on any atom is 0.248 e. The van der Waals surface area contributed by atoms with Gasteiger partial charge in [-0.25, -0.2) is 8.78 Å². The Hall–Kier alpha value is -2.63. The summed E-state index contributed by atoms with van der Waals surface area (Å²) >= 11 is 0. The highest BCUT2D eigenvalue weighted by Gasteiger charge is 2.37. The summed E-state index contributed by atoms with van der Waals surface area (Å²) in [7, 11) is 0. The third-order valence-corrected chi connectivity index (χ3v) is 7.16. The number of nitrogens with one attached hydrogen (secondary N) is 2. The van der Waals surface area contributed by atoms with Crippen molar-refractivity contribution in [2.75, 3.05) is 13.1 Å². The normalized spacial score (nSPS) is 21.0. The zero-order valence-electron chi connectivity index (χ0n) is 21.2. The highest BCUT2D eigenvalue weighted by Crippen LogP contribution is 2.41. The quantitative estimate of drug-likeness (QED) is 0.377. The monoisotopic (exact) mass is 471 g/mol. The standard InChI is InChI=1S/C28H39F2N3O/c1-8-31-19(6)26-27(33-18(5)20-9-11-21(12-10-20)28(7,29)30)24(15-32-26)23-14-22(16(2)3)17(4)13-25(23)34/h13-14,16,20-21,31,33-34H,5-6,8-12,15H2,1-4,7H3. The smallest absolute Gasteiger partial charge is 0.248 e. The second-order valence-corrected chi connectivity index (χ2v) is 10.1. The van der Waals surface area contributed by atoms with Crippen LogP contribution in [0.3, 0.4) is 0 Å². The molecule has 3 N–H and O–H groups in total. The lowest BCUT2D eigenvalue weighted by Crippen LogP contribution is -2.32. The molecule has 0 saturated heterocycles. The van der Waals surface area contributed by atoms with Crippen LogP contribution in [0.15, 0.2) is 47.4 Å². The van der Waals surface area contributed by atoms with E-state index in [1.807, 2.05) is 19.9 Å². The third-order valence-electron chi connectivity index (χ3n) is 7.16. The van der Waals surface area contributed by atoms with Crippen LogP contribution in [0.25, 0.3) is 5.57 Å². The van der Waals surface area contributed by atoms with Crippen LogP contribution in [-0.2, 0) is 0 Å². The first-order chi connectivity index (χ1) is 15.9. The minimum Gasteiger partial charge on any atom is -0.507 e. The van der Waals surface area contributed by atoms with Crippen molar-refractivity contribution in [2.24, 2.45) is 16.8 Å². The lowest BCUT2D eigenvalue weighted by atomic mass is 9.78. The molecule has 1 aromatic carbocycles. The lowest BCUT2D eigenvalue weighted by Gasteiger charge is -2.33. The molecule has 0 unspecified atom stereocenters. The third kappa shape index (κ3) is 5.53. The first-order valence-corrected chi connectivity index (χ1v) is 12.3. The van der Waals surface area contributed by atoms with Gasteiger partial charge in [0.25, 0.3) is 0 Å². The number of rotatable bonds is 9. The summed E-state index contributed by atoms with van der Waals surface area (Å²) in [6, 6.07) is 3.87. The Morgan fingerprint density at radius 3 is 2.41 bits per heavy atom. The number of benzene rings is 1. The molecule has 1 saturated carbocycles. The SMILES string of the molecule is C=C(NCC)C1=NCC(c2cc(C(C)C)c(C)cc2O)=C1NC(=C)C1CCC(C(C)(F)F)CC1. The van der Waals surface area contributed by atoms with Gasteiger partial charge in [-0.05, 0) is 81.5 Å². The van der Waals surface area contributed by atoms with Crippen molar-refractivity contribution >= 4 is 11.3 Å². The van der Waals surface area contributed by atoms with Crippen LogP contribution in [0.5, 0.6) is 5.75 Å². The minimum absolute atomic E-state index is 0.111. The molecule has 3 rings (SSSR count). The van der Waals surface area contributed by atoms with Gasteiger partial charge in [0.05, 0.1) is 17.9 Å². The molecular weight excluding hydrogens is 432 g/mol. The molecule has 2 aliphatic rings. The van der Waals surface area contributed by atoms with Crippen LogP contribution in [0.4, 0.5) is 8.78 Å². The second-order valence-electron chi connectivity index (χ2n) is 10.1. The summed E-state index contributed by atoms with van der Waals surface area (Å²) in [4.78, 5) is 4.74. The van der Waals surface area contributed by atoms with Gasteiger partial charge in [0, 0.05) is 29.3 Å². The van der Waals surface area contributed by atoms with E-state index >= 15 is 0 Å². The van der Waals surface area contributed by atoms with Crippen LogP contribution in [0.1, 0.15) is 76.0 Å². The maximum atomic E-state index is 13.8. The number of hydrogen-bond donors (Lipinski definition) is 3. The molecule has 0 radical (unpaired) electrons. The molecule has 0 spiro atoms. The average Bonchev–Trinajstić information content (AvgIpc) is 3.16. The van der Waals surface area contributed by atoms with Crippen LogP contribution < -0.4 is 10.6 Å². The highest BCUT2D eigenvalue weighted by atomic mass is 19.3. The zero-order valence-corrected chi connectivity index (χ0v) is 21.2. The molecule has 1 aliphatic heterocycles. The number of phenolic OH excluding ortho intramolecular Hbond substituents is 1. The molecule has 186 valence electrons. The molecule has 1 aliphatic carbocycles. The Balaban J connectivity index is 1.93. The number of alkyl halides is 2. The van der Waals surface area contributed by atoms with E-state index in [2.05, 4.69) is 43.7 Å². The Labute approximate surface area is 203 Å². The number of aliphatic imine (C=N–C) groups is 1. The van der Waals surface area contributed by atoms with Crippen molar-refractivity contribution in [3.05, 3.63) is 59.1 Å². The maximum absolute atomic E-state index is 13.8. The van der Waals surface area contributed by atoms with E-state index in [1.54, 1.807) is 0 Å². The van der Waals surface area contributed by atoms with E-state index < -0.39 is 11.8 Å². The molecule has 1 heterocycles. The molecule has 6 heteroatoms. The van der Waals surface area contributed by atoms with Gasteiger partial charge in [-0.2, -0.15) is 0 Å². The van der Waals surface area contributed by atoms with Crippen molar-refractivity contribution in [2.45, 2.75) is 72.1 Å². The number of aromatic hydroxyl groups is 1. The zero-order chi connectivity index (χ0) is 25.2. The molecule has 0 aromatic heterocycles. The van der Waals surface area contributed by atoms with Crippen LogP contribution in [0.2, 0.25) is 0 Å². The van der Waals surface area contributed by atoms with Crippen LogP contribution in [-0.4, -0.2) is 29.8 Å². The van der Waals surface area contributed by atoms with Gasteiger partial charge >= 0.3 is 0 Å². The lowest BCUT2D eigenvalue weighted by molar-refractivity contribution is -0.0564. The summed E-state index contributed by atoms with van der Waals surface area (Å²) in [5.41, 5.74) is 6.89. The summed E-state index contributed by atoms with van der Waals surface area (Å²) < 4.78 is 27.5. The average molecular weight is 472 g/mol. The van der Waals surface area contributed by atoms with Gasteiger partial charge in [0.15, 0.2) is 0 Å². The first-order valence-electron chi connectivity index (χ1n) is 12.3. The van der Waals surface area contributed by atoms with E-state index in [9.17, 15) is 13.9 Å². The van der Waals surface area contributed by atoms with Gasteiger partial charge in [0.1, 0.15) is 11.5 Å². The van der Waals surface area contributed by atoms with Crippen LogP contribution >= 0.6 is 0 Å². The van der Waals surface area contributed by atoms with Gasteiger partial charge in [-0.3, -0.25) is 4.99 Å². The van der Waals surface area contributed by atoms with Crippen molar-refractivity contribution in [3.8, 4) is 5.75 Å². The molecule has 0 amide bonds. The summed E-state index contributed by atoms with van der Waals surface area (Å²) in [6.07, 6.45) is 2.33. The minimum atomic E-state index is -2.64. The van der Waals surface area contributed by atoms with Gasteiger partial charge in [-0.1, -0.05) is 27.0 Å². The molecule has 0 atom stereocenters. The Morgan fingerprint density at radius 2 is 1.85 bits per heavy atom. The number of phenols is 1. The fourth-order valence-electron chi connectivity index (χ4n) is 5.14. The number of allylic oxidation sites excluding steroid dienone is 1. The molecular formula is C28H39F2N3O. The van der Waals surface area contributed by atoms with Gasteiger partial charge in [-0.15, -0.1) is 0 Å². The fraction of sp³-hybridized carbons (Fsp3) is 0.536. The molecule has 34 heavy (non-hydrogen) atoms. The molecule has 0 bridgehead atoms. The molecule has 4 nitrogen and oxygen atoms in total. The number of nitrogens with zero attached hydrogens (tertiary/aromatic N) is 1. The summed E-state index contributed by atoms with van der Waals surface area (Å²) in [6.45, 7) is 18.9. The second kappa shape index (κ2) is 10.3. The largest absolute Gasteiger partial charge is 0.507 e. The van der Waals surface area contributed by atoms with Crippen LogP contribution in [0, 0.1) is 18.8 Å². The number of hydrogen-bond acceptors (Lipinski definition) is 4. The van der Waals surface area contributed by atoms with E-state index in [0.717, 1.165) is 40.7 Å². The van der Waals surface area contributed by atoms with E-state index in [4.69, 9.17) is 4.99 Å². The summed E-state index contributed by atoms with van der Waals surface area (Å²) in [5.74, 6) is -2.56. The fourth-order valence-corrected chi connectivity index (χ4v) is 5.14. The van der Waals surface area contributed by atoms with E-state index in [1.165, 1.54) is 5.56 Å². The summed E-state index contributed by atoms with van der Waals surface area (Å²) in [5, 5.41) is 17.6. The van der Waals surface area contributed by atoms with Crippen molar-refractivity contribution in [3.63, 3.8) is 0 Å². The van der Waals surface area contributed by atoms with Gasteiger partial charge in [0.2, 0.25) is 5.92 Å². The van der Waals surface area contributed by atoms with Gasteiger partial charge < -0.3 is 15.7 Å². The highest BCUT2D eigenvalue weighted by molar-refractivity contribution is 6.18. The predicted octanol–water partition coefficient (Wildman–Crippen LogP) is 6.68. The Bertz CT molecular complexity index is 1010. The topological polar surface area (TPSA) is 56.7 Å². The van der Waals surface area contributed by atoms with Crippen molar-refractivity contribution in [1.82, 2.24) is 10.6 Å². The molecule has 1 aromatic rings. The Morgan fingerprint density at radius 1 is 1.21 bits per heavy atom. The van der Waals surface area contributed by atoms with Crippen molar-refractivity contribution in [1.29, 1.82) is 0 Å².